The molecule has 0 amide bonds. The van der Waals surface area contributed by atoms with Crippen LogP contribution in [0.25, 0.3) is 0 Å². The lowest BCUT2D eigenvalue weighted by Gasteiger charge is -2.34. The largest absolute Gasteiger partial charge is 0.469 e. The second-order valence-electron chi connectivity index (χ2n) is 7.81. The third-order valence-electron chi connectivity index (χ3n) is 5.73. The molecule has 3 aromatic rings. The van der Waals surface area contributed by atoms with E-state index in [-0.39, 0.29) is 17.7 Å². The van der Waals surface area contributed by atoms with Crippen molar-refractivity contribution in [2.45, 2.75) is 44.6 Å². The maximum Gasteiger partial charge on any atom is 0.226 e. The second-order valence-corrected chi connectivity index (χ2v) is 7.81. The third kappa shape index (κ3) is 2.68. The number of hydrogen-bond donors (Lipinski definition) is 1. The van der Waals surface area contributed by atoms with Crippen molar-refractivity contribution in [1.29, 1.82) is 0 Å². The summed E-state index contributed by atoms with van der Waals surface area (Å²) >= 11 is 0. The summed E-state index contributed by atoms with van der Waals surface area (Å²) in [6.07, 6.45) is 4.36. The van der Waals surface area contributed by atoms with E-state index in [0.29, 0.717) is 18.3 Å². The van der Waals surface area contributed by atoms with E-state index in [1.807, 2.05) is 16.8 Å². The zero-order valence-corrected chi connectivity index (χ0v) is 15.9. The molecule has 6 heteroatoms. The van der Waals surface area contributed by atoms with Crippen molar-refractivity contribution < 1.29 is 9.21 Å². The lowest BCUT2D eigenvalue weighted by atomic mass is 9.79. The molecule has 0 spiro atoms. The number of aromatic nitrogens is 3. The van der Waals surface area contributed by atoms with Crippen LogP contribution in [0.1, 0.15) is 61.5 Å². The normalized spacial score (nSPS) is 21.5. The number of allylic oxidation sites excluding steroid dienone is 2. The van der Waals surface area contributed by atoms with Gasteiger partial charge >= 0.3 is 0 Å². The van der Waals surface area contributed by atoms with Gasteiger partial charge in [0.15, 0.2) is 5.78 Å². The van der Waals surface area contributed by atoms with E-state index in [9.17, 15) is 4.79 Å². The van der Waals surface area contributed by atoms with Crippen LogP contribution in [0.15, 0.2) is 64.7 Å². The van der Waals surface area contributed by atoms with Gasteiger partial charge in [0.1, 0.15) is 18.1 Å². The number of rotatable bonds is 3. The van der Waals surface area contributed by atoms with Crippen molar-refractivity contribution in [3.8, 4) is 0 Å². The van der Waals surface area contributed by atoms with E-state index in [0.717, 1.165) is 29.0 Å². The van der Waals surface area contributed by atoms with Crippen LogP contribution in [0.4, 0.5) is 5.95 Å². The molecule has 0 radical (unpaired) electrons. The van der Waals surface area contributed by atoms with Crippen molar-refractivity contribution in [1.82, 2.24) is 14.8 Å². The molecule has 2 aromatic heterocycles. The summed E-state index contributed by atoms with van der Waals surface area (Å²) in [6.45, 7) is 4.35. The Morgan fingerprint density at radius 1 is 1.18 bits per heavy atom. The molecule has 0 bridgehead atoms. The van der Waals surface area contributed by atoms with Gasteiger partial charge < -0.3 is 9.73 Å². The first-order chi connectivity index (χ1) is 13.6. The monoisotopic (exact) mass is 374 g/mol. The van der Waals surface area contributed by atoms with Crippen LogP contribution in [0.5, 0.6) is 0 Å². The van der Waals surface area contributed by atoms with Gasteiger partial charge in [-0.05, 0) is 35.6 Å². The van der Waals surface area contributed by atoms with E-state index < -0.39 is 0 Å². The number of fused-ring (bicyclic) bond motifs is 1. The first-order valence-corrected chi connectivity index (χ1v) is 9.68. The summed E-state index contributed by atoms with van der Waals surface area (Å²) in [7, 11) is 0. The number of benzene rings is 1. The molecule has 1 N–H and O–H groups in total. The molecule has 1 aliphatic carbocycles. The van der Waals surface area contributed by atoms with Crippen LogP contribution < -0.4 is 5.32 Å². The summed E-state index contributed by atoms with van der Waals surface area (Å²) in [4.78, 5) is 17.6. The van der Waals surface area contributed by atoms with Crippen LogP contribution in [0.3, 0.4) is 0 Å². The van der Waals surface area contributed by atoms with E-state index in [1.54, 1.807) is 6.26 Å². The molecule has 3 heterocycles. The topological polar surface area (TPSA) is 73.0 Å². The highest BCUT2D eigenvalue weighted by molar-refractivity contribution is 6.00. The van der Waals surface area contributed by atoms with Gasteiger partial charge in [0.2, 0.25) is 5.95 Å². The fourth-order valence-corrected chi connectivity index (χ4v) is 4.25. The van der Waals surface area contributed by atoms with Crippen molar-refractivity contribution in [3.63, 3.8) is 0 Å². The number of anilines is 1. The smallest absolute Gasteiger partial charge is 0.226 e. The average molecular weight is 374 g/mol. The van der Waals surface area contributed by atoms with E-state index in [1.165, 1.54) is 11.9 Å². The minimum Gasteiger partial charge on any atom is -0.469 e. The number of hydrogen-bond acceptors (Lipinski definition) is 5. The Kier molecular flexibility index (Phi) is 3.93. The number of ketones is 1. The molecule has 0 saturated heterocycles. The second kappa shape index (κ2) is 6.48. The van der Waals surface area contributed by atoms with Gasteiger partial charge in [-0.2, -0.15) is 10.1 Å². The highest BCUT2D eigenvalue weighted by Gasteiger charge is 2.39. The van der Waals surface area contributed by atoms with Crippen molar-refractivity contribution in [2.75, 3.05) is 5.32 Å². The fraction of sp³-hybridized carbons (Fsp3) is 0.318. The Bertz CT molecular complexity index is 1040. The van der Waals surface area contributed by atoms with Crippen molar-refractivity contribution in [3.05, 3.63) is 77.1 Å². The minimum absolute atomic E-state index is 0.0483. The van der Waals surface area contributed by atoms with Crippen molar-refractivity contribution in [2.24, 2.45) is 0 Å². The number of nitrogens with zero attached hydrogens (tertiary/aromatic N) is 3. The van der Waals surface area contributed by atoms with E-state index in [4.69, 9.17) is 4.42 Å². The van der Waals surface area contributed by atoms with Gasteiger partial charge in [0, 0.05) is 23.6 Å². The Balaban J connectivity index is 1.58. The Hall–Kier alpha value is -3.15. The summed E-state index contributed by atoms with van der Waals surface area (Å²) in [6, 6.07) is 12.0. The zero-order chi connectivity index (χ0) is 19.3. The number of carbonyl (C=O) groups is 1. The first kappa shape index (κ1) is 17.0. The number of furan rings is 1. The van der Waals surface area contributed by atoms with Gasteiger partial charge in [-0.1, -0.05) is 38.1 Å². The predicted molar refractivity (Wildman–Crippen MR) is 105 cm³/mol. The number of carbonyl (C=O) groups excluding carboxylic acids is 1. The maximum absolute atomic E-state index is 13.2. The first-order valence-electron chi connectivity index (χ1n) is 9.68. The summed E-state index contributed by atoms with van der Waals surface area (Å²) in [5.74, 6) is 2.17. The summed E-state index contributed by atoms with van der Waals surface area (Å²) in [5, 5.41) is 7.74. The highest BCUT2D eigenvalue weighted by Crippen LogP contribution is 2.43. The molecule has 2 atom stereocenters. The molecule has 0 fully saturated rings. The number of Topliss-reactive ketones (excluding diaryl/α,β-unsaturated/α-hetero) is 1. The minimum atomic E-state index is -0.250. The molecular weight excluding hydrogens is 352 g/mol. The van der Waals surface area contributed by atoms with Crippen LogP contribution in [-0.4, -0.2) is 20.5 Å². The molecule has 142 valence electrons. The Morgan fingerprint density at radius 3 is 2.71 bits per heavy atom. The Morgan fingerprint density at radius 2 is 2.00 bits per heavy atom. The fourth-order valence-electron chi connectivity index (χ4n) is 4.25. The van der Waals surface area contributed by atoms with Gasteiger partial charge in [0.05, 0.1) is 6.26 Å². The number of nitrogens with one attached hydrogen (secondary N) is 1. The van der Waals surface area contributed by atoms with Gasteiger partial charge in [0.25, 0.3) is 0 Å². The van der Waals surface area contributed by atoms with Crippen LogP contribution >= 0.6 is 0 Å². The van der Waals surface area contributed by atoms with Gasteiger partial charge in [-0.25, -0.2) is 4.68 Å². The lowest BCUT2D eigenvalue weighted by Crippen LogP contribution is -2.33. The average Bonchev–Trinajstić information content (AvgIpc) is 3.38. The Labute approximate surface area is 163 Å². The summed E-state index contributed by atoms with van der Waals surface area (Å²) in [5.41, 5.74) is 4.04. The molecule has 0 saturated carbocycles. The molecule has 2 aliphatic rings. The standard InChI is InChI=1S/C22H22N4O2/c1-13(2)14-5-7-15(8-6-14)21-20-17(25-22-23-12-24-26(21)22)10-16(11-18(20)27)19-4-3-9-28-19/h3-9,12-13,16,21H,10-11H2,1-2H3,(H,23,24,25)/t16-,21-/m0/s1. The predicted octanol–water partition coefficient (Wildman–Crippen LogP) is 4.41. The van der Waals surface area contributed by atoms with Crippen LogP contribution in [-0.2, 0) is 4.79 Å². The quantitative estimate of drug-likeness (QED) is 0.735. The van der Waals surface area contributed by atoms with Gasteiger partial charge in [-0.3, -0.25) is 4.79 Å². The van der Waals surface area contributed by atoms with E-state index >= 15 is 0 Å². The molecule has 0 unspecified atom stereocenters. The highest BCUT2D eigenvalue weighted by atomic mass is 16.3. The molecular formula is C22H22N4O2. The SMILES string of the molecule is CC(C)c1ccc([C@H]2C3=C(C[C@H](c4ccco4)CC3=O)Nc3ncnn32)cc1. The third-order valence-corrected chi connectivity index (χ3v) is 5.73. The van der Waals surface area contributed by atoms with E-state index in [2.05, 4.69) is 53.5 Å². The van der Waals surface area contributed by atoms with Crippen LogP contribution in [0.2, 0.25) is 0 Å². The van der Waals surface area contributed by atoms with Gasteiger partial charge in [-0.15, -0.1) is 0 Å². The molecule has 1 aromatic carbocycles. The zero-order valence-electron chi connectivity index (χ0n) is 15.9. The molecule has 6 nitrogen and oxygen atoms in total. The van der Waals surface area contributed by atoms with Crippen LogP contribution in [0, 0.1) is 0 Å². The van der Waals surface area contributed by atoms with Crippen molar-refractivity contribution >= 4 is 11.7 Å². The lowest BCUT2D eigenvalue weighted by molar-refractivity contribution is -0.117. The summed E-state index contributed by atoms with van der Waals surface area (Å²) < 4.78 is 7.38. The molecule has 28 heavy (non-hydrogen) atoms. The molecule has 1 aliphatic heterocycles. The molecule has 5 rings (SSSR count). The maximum atomic E-state index is 13.2.